The smallest absolute Gasteiger partial charge is 0.0934 e. The SMILES string of the molecule is C[C@@H](NC1CCCc2sc(Cl)cc21)C1CCCCC1. The van der Waals surface area contributed by atoms with Gasteiger partial charge in [-0.2, -0.15) is 0 Å². The number of hydrogen-bond donors (Lipinski definition) is 1. The highest BCUT2D eigenvalue weighted by molar-refractivity contribution is 7.16. The second-order valence-electron chi connectivity index (χ2n) is 6.23. The van der Waals surface area contributed by atoms with E-state index < -0.39 is 0 Å². The van der Waals surface area contributed by atoms with E-state index in [4.69, 9.17) is 11.6 Å². The van der Waals surface area contributed by atoms with Crippen LogP contribution < -0.4 is 5.32 Å². The number of hydrogen-bond acceptors (Lipinski definition) is 2. The lowest BCUT2D eigenvalue weighted by atomic mass is 9.83. The summed E-state index contributed by atoms with van der Waals surface area (Å²) in [4.78, 5) is 1.52. The Kier molecular flexibility index (Phi) is 4.51. The second-order valence-corrected chi connectivity index (χ2v) is 8.00. The third-order valence-corrected chi connectivity index (χ3v) is 6.24. The lowest BCUT2D eigenvalue weighted by molar-refractivity contribution is 0.257. The van der Waals surface area contributed by atoms with Gasteiger partial charge in [0.05, 0.1) is 4.34 Å². The summed E-state index contributed by atoms with van der Waals surface area (Å²) < 4.78 is 0.962. The summed E-state index contributed by atoms with van der Waals surface area (Å²) in [7, 11) is 0. The zero-order valence-corrected chi connectivity index (χ0v) is 13.3. The minimum Gasteiger partial charge on any atom is -0.307 e. The fraction of sp³-hybridized carbons (Fsp3) is 0.750. The van der Waals surface area contributed by atoms with Gasteiger partial charge >= 0.3 is 0 Å². The van der Waals surface area contributed by atoms with E-state index in [9.17, 15) is 0 Å². The monoisotopic (exact) mass is 297 g/mol. The molecule has 1 N–H and O–H groups in total. The number of halogens is 1. The zero-order chi connectivity index (χ0) is 13.2. The molecule has 0 aliphatic heterocycles. The molecule has 0 amide bonds. The van der Waals surface area contributed by atoms with E-state index in [0.717, 1.165) is 10.3 Å². The van der Waals surface area contributed by atoms with Crippen LogP contribution in [0.25, 0.3) is 0 Å². The van der Waals surface area contributed by atoms with Crippen LogP contribution in [-0.4, -0.2) is 6.04 Å². The standard InChI is InChI=1S/C16H24ClNS/c1-11(12-6-3-2-4-7-12)18-14-8-5-9-15-13(14)10-16(17)19-15/h10-12,14,18H,2-9H2,1H3/t11-,14?/m1/s1. The van der Waals surface area contributed by atoms with Gasteiger partial charge in [-0.15, -0.1) is 11.3 Å². The molecule has 1 saturated carbocycles. The van der Waals surface area contributed by atoms with E-state index in [1.54, 1.807) is 11.3 Å². The molecule has 1 heterocycles. The minimum atomic E-state index is 0.546. The van der Waals surface area contributed by atoms with Crippen LogP contribution in [0.15, 0.2) is 6.07 Å². The summed E-state index contributed by atoms with van der Waals surface area (Å²) >= 11 is 7.97. The quantitative estimate of drug-likeness (QED) is 0.794. The summed E-state index contributed by atoms with van der Waals surface area (Å²) in [5.74, 6) is 0.883. The number of fused-ring (bicyclic) bond motifs is 1. The fourth-order valence-corrected chi connectivity index (χ4v) is 5.17. The van der Waals surface area contributed by atoms with Gasteiger partial charge in [0.2, 0.25) is 0 Å². The number of nitrogens with one attached hydrogen (secondary N) is 1. The summed E-state index contributed by atoms with van der Waals surface area (Å²) in [5.41, 5.74) is 1.49. The van der Waals surface area contributed by atoms with Crippen LogP contribution in [0.1, 0.15) is 68.4 Å². The van der Waals surface area contributed by atoms with Crippen LogP contribution in [0.2, 0.25) is 4.34 Å². The van der Waals surface area contributed by atoms with Crippen LogP contribution in [-0.2, 0) is 6.42 Å². The highest BCUT2D eigenvalue weighted by atomic mass is 35.5. The predicted molar refractivity (Wildman–Crippen MR) is 84.2 cm³/mol. The first kappa shape index (κ1) is 13.9. The molecule has 2 atom stereocenters. The molecule has 0 saturated heterocycles. The highest BCUT2D eigenvalue weighted by Gasteiger charge is 2.27. The van der Waals surface area contributed by atoms with Gasteiger partial charge in [0, 0.05) is 17.0 Å². The minimum absolute atomic E-state index is 0.546. The van der Waals surface area contributed by atoms with Crippen LogP contribution in [0, 0.1) is 5.92 Å². The maximum atomic E-state index is 6.19. The third kappa shape index (κ3) is 3.17. The van der Waals surface area contributed by atoms with Gasteiger partial charge in [0.25, 0.3) is 0 Å². The molecule has 3 heteroatoms. The molecule has 2 aliphatic rings. The molecule has 19 heavy (non-hydrogen) atoms. The van der Waals surface area contributed by atoms with Crippen molar-refractivity contribution in [2.45, 2.75) is 70.4 Å². The number of aryl methyl sites for hydroxylation is 1. The van der Waals surface area contributed by atoms with Crippen LogP contribution in [0.5, 0.6) is 0 Å². The van der Waals surface area contributed by atoms with Gasteiger partial charge in [-0.3, -0.25) is 0 Å². The molecule has 0 spiro atoms. The van der Waals surface area contributed by atoms with Crippen molar-refractivity contribution in [3.8, 4) is 0 Å². The normalized spacial score (nSPS) is 26.1. The zero-order valence-electron chi connectivity index (χ0n) is 11.8. The molecule has 1 fully saturated rings. The molecule has 1 aromatic rings. The lowest BCUT2D eigenvalue weighted by Crippen LogP contribution is -2.38. The first-order valence-corrected chi connectivity index (χ1v) is 8.97. The Labute approximate surface area is 125 Å². The maximum Gasteiger partial charge on any atom is 0.0934 e. The lowest BCUT2D eigenvalue weighted by Gasteiger charge is -2.33. The van der Waals surface area contributed by atoms with E-state index in [2.05, 4.69) is 18.3 Å². The van der Waals surface area contributed by atoms with Crippen molar-refractivity contribution in [3.05, 3.63) is 20.8 Å². The molecule has 0 radical (unpaired) electrons. The van der Waals surface area contributed by atoms with Crippen LogP contribution in [0.4, 0.5) is 0 Å². The molecular weight excluding hydrogens is 274 g/mol. The van der Waals surface area contributed by atoms with E-state index in [-0.39, 0.29) is 0 Å². The van der Waals surface area contributed by atoms with Crippen molar-refractivity contribution < 1.29 is 0 Å². The van der Waals surface area contributed by atoms with Crippen molar-refractivity contribution in [1.29, 1.82) is 0 Å². The van der Waals surface area contributed by atoms with E-state index in [0.29, 0.717) is 12.1 Å². The Bertz CT molecular complexity index is 422. The van der Waals surface area contributed by atoms with Crippen molar-refractivity contribution in [3.63, 3.8) is 0 Å². The Morgan fingerprint density at radius 3 is 2.79 bits per heavy atom. The molecule has 1 nitrogen and oxygen atoms in total. The molecule has 1 aromatic heterocycles. The fourth-order valence-electron chi connectivity index (χ4n) is 3.78. The first-order valence-electron chi connectivity index (χ1n) is 7.78. The molecule has 0 aromatic carbocycles. The Hall–Kier alpha value is -0.0500. The van der Waals surface area contributed by atoms with E-state index >= 15 is 0 Å². The molecule has 1 unspecified atom stereocenters. The van der Waals surface area contributed by atoms with E-state index in [1.807, 2.05) is 0 Å². The van der Waals surface area contributed by atoms with Gasteiger partial charge in [-0.1, -0.05) is 30.9 Å². The molecule has 0 bridgehead atoms. The largest absolute Gasteiger partial charge is 0.307 e. The van der Waals surface area contributed by atoms with Crippen molar-refractivity contribution in [1.82, 2.24) is 5.32 Å². The summed E-state index contributed by atoms with van der Waals surface area (Å²) in [5, 5.41) is 3.91. The molecule has 2 aliphatic carbocycles. The summed E-state index contributed by atoms with van der Waals surface area (Å²) in [6.45, 7) is 2.39. The Morgan fingerprint density at radius 2 is 2.00 bits per heavy atom. The molecule has 3 rings (SSSR count). The first-order chi connectivity index (χ1) is 9.24. The van der Waals surface area contributed by atoms with E-state index in [1.165, 1.54) is 61.8 Å². The topological polar surface area (TPSA) is 12.0 Å². The van der Waals surface area contributed by atoms with Crippen molar-refractivity contribution >= 4 is 22.9 Å². The van der Waals surface area contributed by atoms with Gasteiger partial charge in [0.1, 0.15) is 0 Å². The van der Waals surface area contributed by atoms with Gasteiger partial charge in [-0.05, 0) is 56.6 Å². The maximum absolute atomic E-state index is 6.19. The number of thiophene rings is 1. The average molecular weight is 298 g/mol. The second kappa shape index (κ2) is 6.15. The molecule has 106 valence electrons. The summed E-state index contributed by atoms with van der Waals surface area (Å²) in [6.07, 6.45) is 10.9. The van der Waals surface area contributed by atoms with Gasteiger partial charge < -0.3 is 5.32 Å². The molecular formula is C16H24ClNS. The van der Waals surface area contributed by atoms with Crippen LogP contribution in [0.3, 0.4) is 0 Å². The van der Waals surface area contributed by atoms with Crippen molar-refractivity contribution in [2.75, 3.05) is 0 Å². The van der Waals surface area contributed by atoms with Crippen molar-refractivity contribution in [2.24, 2.45) is 5.92 Å². The third-order valence-electron chi connectivity index (χ3n) is 4.90. The highest BCUT2D eigenvalue weighted by Crippen LogP contribution is 2.38. The summed E-state index contributed by atoms with van der Waals surface area (Å²) in [6, 6.07) is 3.39. The Balaban J connectivity index is 1.66. The van der Waals surface area contributed by atoms with Crippen LogP contribution >= 0.6 is 22.9 Å². The average Bonchev–Trinajstić information content (AvgIpc) is 2.81. The number of rotatable bonds is 3. The van der Waals surface area contributed by atoms with Gasteiger partial charge in [-0.25, -0.2) is 0 Å². The van der Waals surface area contributed by atoms with Gasteiger partial charge in [0.15, 0.2) is 0 Å². The Morgan fingerprint density at radius 1 is 1.21 bits per heavy atom. The predicted octanol–water partition coefficient (Wildman–Crippen LogP) is 5.34.